The lowest BCUT2D eigenvalue weighted by molar-refractivity contribution is -0.138. The van der Waals surface area contributed by atoms with E-state index < -0.39 is 33.5 Å². The molecular formula is C9H10F3NO2S. The highest BCUT2D eigenvalue weighted by Crippen LogP contribution is 2.36. The predicted octanol–water partition coefficient (Wildman–Crippen LogP) is 2.25. The third kappa shape index (κ3) is 2.72. The first kappa shape index (κ1) is 13.0. The largest absolute Gasteiger partial charge is 0.506 e. The Bertz CT molecular complexity index is 420. The fourth-order valence-electron chi connectivity index (χ4n) is 1.17. The van der Waals surface area contributed by atoms with Gasteiger partial charge in [-0.2, -0.15) is 13.2 Å². The van der Waals surface area contributed by atoms with Crippen molar-refractivity contribution in [3.8, 4) is 5.75 Å². The van der Waals surface area contributed by atoms with Gasteiger partial charge < -0.3 is 5.11 Å². The number of nitrogens with zero attached hydrogens (tertiary/aromatic N) is 1. The summed E-state index contributed by atoms with van der Waals surface area (Å²) in [6.07, 6.45) is -2.40. The third-order valence-corrected chi connectivity index (χ3v) is 3.31. The van der Waals surface area contributed by atoms with Crippen molar-refractivity contribution in [1.82, 2.24) is 4.98 Å². The van der Waals surface area contributed by atoms with Crippen LogP contribution in [0.15, 0.2) is 12.3 Å². The minimum absolute atomic E-state index is 0.314. The van der Waals surface area contributed by atoms with Gasteiger partial charge in [0, 0.05) is 17.1 Å². The summed E-state index contributed by atoms with van der Waals surface area (Å²) in [5, 5.41) is 8.15. The lowest BCUT2D eigenvalue weighted by Gasteiger charge is -2.15. The Balaban J connectivity index is 3.34. The maximum absolute atomic E-state index is 12.6. The van der Waals surface area contributed by atoms with Gasteiger partial charge >= 0.3 is 6.18 Å². The zero-order valence-electron chi connectivity index (χ0n) is 8.58. The molecule has 2 atom stereocenters. The Morgan fingerprint density at radius 1 is 1.50 bits per heavy atom. The normalized spacial score (nSPS) is 15.8. The molecular weight excluding hydrogens is 243 g/mol. The molecule has 90 valence electrons. The number of aromatic hydroxyl groups is 1. The zero-order valence-corrected chi connectivity index (χ0v) is 9.39. The number of rotatable bonds is 2. The molecule has 1 N–H and O–H groups in total. The van der Waals surface area contributed by atoms with E-state index in [1.54, 1.807) is 0 Å². The number of halogens is 3. The van der Waals surface area contributed by atoms with Crippen LogP contribution in [0.5, 0.6) is 5.75 Å². The van der Waals surface area contributed by atoms with E-state index in [0.717, 1.165) is 6.20 Å². The van der Waals surface area contributed by atoms with E-state index in [9.17, 15) is 17.4 Å². The number of hydrogen-bond donors (Lipinski definition) is 1. The number of pyridine rings is 1. The Morgan fingerprint density at radius 3 is 2.50 bits per heavy atom. The van der Waals surface area contributed by atoms with Crippen molar-refractivity contribution in [3.63, 3.8) is 0 Å². The number of aromatic nitrogens is 1. The average molecular weight is 253 g/mol. The second kappa shape index (κ2) is 4.40. The summed E-state index contributed by atoms with van der Waals surface area (Å²) >= 11 is 0. The van der Waals surface area contributed by atoms with Gasteiger partial charge in [-0.1, -0.05) is 0 Å². The molecule has 0 saturated carbocycles. The zero-order chi connectivity index (χ0) is 12.5. The van der Waals surface area contributed by atoms with E-state index in [-0.39, 0.29) is 5.69 Å². The highest BCUT2D eigenvalue weighted by molar-refractivity contribution is 7.84. The quantitative estimate of drug-likeness (QED) is 0.879. The summed E-state index contributed by atoms with van der Waals surface area (Å²) in [5.74, 6) is -0.565. The van der Waals surface area contributed by atoms with Crippen LogP contribution in [0.3, 0.4) is 0 Å². The molecule has 2 unspecified atom stereocenters. The van der Waals surface area contributed by atoms with Crippen molar-refractivity contribution < 1.29 is 22.5 Å². The summed E-state index contributed by atoms with van der Waals surface area (Å²) in [5.41, 5.74) is -1.36. The molecule has 1 aromatic heterocycles. The summed E-state index contributed by atoms with van der Waals surface area (Å²) < 4.78 is 49.0. The SMILES string of the molecule is CC(c1ncc(O)cc1C(F)(F)F)S(C)=O. The van der Waals surface area contributed by atoms with Crippen molar-refractivity contribution in [3.05, 3.63) is 23.5 Å². The maximum Gasteiger partial charge on any atom is 0.418 e. The van der Waals surface area contributed by atoms with E-state index in [0.29, 0.717) is 6.07 Å². The van der Waals surface area contributed by atoms with Crippen molar-refractivity contribution >= 4 is 10.8 Å². The average Bonchev–Trinajstić information content (AvgIpc) is 2.15. The molecule has 0 aliphatic rings. The van der Waals surface area contributed by atoms with Crippen LogP contribution in [0.4, 0.5) is 13.2 Å². The van der Waals surface area contributed by atoms with Gasteiger partial charge in [-0.05, 0) is 13.0 Å². The molecule has 0 fully saturated rings. The molecule has 0 bridgehead atoms. The van der Waals surface area contributed by atoms with Crippen LogP contribution in [0.25, 0.3) is 0 Å². The second-order valence-corrected chi connectivity index (χ2v) is 4.97. The standard InChI is InChI=1S/C9H10F3NO2S/c1-5(16(2)15)8-7(9(10,11)12)3-6(14)4-13-8/h3-5,14H,1-2H3. The van der Waals surface area contributed by atoms with Gasteiger partial charge in [0.1, 0.15) is 5.75 Å². The lowest BCUT2D eigenvalue weighted by atomic mass is 10.1. The minimum atomic E-state index is -4.62. The molecule has 16 heavy (non-hydrogen) atoms. The van der Waals surface area contributed by atoms with Crippen LogP contribution in [0, 0.1) is 0 Å². The molecule has 1 rings (SSSR count). The van der Waals surface area contributed by atoms with Crippen molar-refractivity contribution in [2.45, 2.75) is 18.3 Å². The number of alkyl halides is 3. The molecule has 0 aromatic carbocycles. The summed E-state index contributed by atoms with van der Waals surface area (Å²) in [6, 6.07) is 0.589. The van der Waals surface area contributed by atoms with Crippen molar-refractivity contribution in [1.29, 1.82) is 0 Å². The minimum Gasteiger partial charge on any atom is -0.506 e. The molecule has 0 amide bonds. The van der Waals surface area contributed by atoms with E-state index in [4.69, 9.17) is 5.11 Å². The molecule has 0 aliphatic carbocycles. The van der Waals surface area contributed by atoms with Gasteiger partial charge in [-0.3, -0.25) is 9.19 Å². The van der Waals surface area contributed by atoms with Gasteiger partial charge in [0.2, 0.25) is 0 Å². The van der Waals surface area contributed by atoms with Crippen LogP contribution in [0.2, 0.25) is 0 Å². The van der Waals surface area contributed by atoms with E-state index in [1.807, 2.05) is 0 Å². The Kier molecular flexibility index (Phi) is 3.57. The Morgan fingerprint density at radius 2 is 2.06 bits per heavy atom. The Labute approximate surface area is 92.8 Å². The van der Waals surface area contributed by atoms with Gasteiger partial charge in [-0.25, -0.2) is 0 Å². The monoisotopic (exact) mass is 253 g/mol. The number of hydrogen-bond acceptors (Lipinski definition) is 3. The van der Waals surface area contributed by atoms with E-state index in [1.165, 1.54) is 13.2 Å². The second-order valence-electron chi connectivity index (χ2n) is 3.26. The smallest absolute Gasteiger partial charge is 0.418 e. The molecule has 0 aliphatic heterocycles. The van der Waals surface area contributed by atoms with Crippen LogP contribution >= 0.6 is 0 Å². The third-order valence-electron chi connectivity index (χ3n) is 2.09. The van der Waals surface area contributed by atoms with Crippen molar-refractivity contribution in [2.75, 3.05) is 6.26 Å². The van der Waals surface area contributed by atoms with Crippen LogP contribution in [-0.4, -0.2) is 20.6 Å². The molecule has 1 aromatic rings. The first-order valence-corrected chi connectivity index (χ1v) is 5.94. The molecule has 0 saturated heterocycles. The molecule has 3 nitrogen and oxygen atoms in total. The lowest BCUT2D eigenvalue weighted by Crippen LogP contribution is -2.14. The van der Waals surface area contributed by atoms with Crippen LogP contribution < -0.4 is 0 Å². The van der Waals surface area contributed by atoms with Gasteiger partial charge in [0.15, 0.2) is 0 Å². The van der Waals surface area contributed by atoms with Crippen LogP contribution in [-0.2, 0) is 17.0 Å². The highest BCUT2D eigenvalue weighted by atomic mass is 32.2. The van der Waals surface area contributed by atoms with Gasteiger partial charge in [0.25, 0.3) is 0 Å². The summed E-state index contributed by atoms with van der Waals surface area (Å²) in [4.78, 5) is 3.50. The fraction of sp³-hybridized carbons (Fsp3) is 0.444. The summed E-state index contributed by atoms with van der Waals surface area (Å²) in [6.45, 7) is 1.39. The molecule has 0 spiro atoms. The predicted molar refractivity (Wildman–Crippen MR) is 53.4 cm³/mol. The summed E-state index contributed by atoms with van der Waals surface area (Å²) in [7, 11) is -1.46. The Hall–Kier alpha value is -1.11. The first-order chi connectivity index (χ1) is 7.23. The van der Waals surface area contributed by atoms with Crippen molar-refractivity contribution in [2.24, 2.45) is 0 Å². The van der Waals surface area contributed by atoms with Gasteiger partial charge in [-0.15, -0.1) is 0 Å². The van der Waals surface area contributed by atoms with Crippen LogP contribution in [0.1, 0.15) is 23.4 Å². The maximum atomic E-state index is 12.6. The molecule has 7 heteroatoms. The molecule has 1 heterocycles. The molecule has 0 radical (unpaired) electrons. The highest BCUT2D eigenvalue weighted by Gasteiger charge is 2.36. The van der Waals surface area contributed by atoms with E-state index in [2.05, 4.69) is 4.98 Å². The topological polar surface area (TPSA) is 50.2 Å². The van der Waals surface area contributed by atoms with E-state index >= 15 is 0 Å². The first-order valence-electron chi connectivity index (χ1n) is 4.32. The van der Waals surface area contributed by atoms with Gasteiger partial charge in [0.05, 0.1) is 22.7 Å². The fourth-order valence-corrected chi connectivity index (χ4v) is 1.67.